The molecule has 1 fully saturated rings. The molecule has 2 rings (SSSR count). The predicted octanol–water partition coefficient (Wildman–Crippen LogP) is 2.83. The second-order valence-corrected chi connectivity index (χ2v) is 6.34. The highest BCUT2D eigenvalue weighted by Gasteiger charge is 2.22. The molecular weight excluding hydrogens is 360 g/mol. The number of nitriles is 1. The average molecular weight is 379 g/mol. The summed E-state index contributed by atoms with van der Waals surface area (Å²) in [5.41, 5.74) is -0.253. The fourth-order valence-corrected chi connectivity index (χ4v) is 3.07. The Kier molecular flexibility index (Phi) is 6.95. The van der Waals surface area contributed by atoms with Gasteiger partial charge >= 0.3 is 0 Å². The molecule has 0 spiro atoms. The van der Waals surface area contributed by atoms with E-state index >= 15 is 0 Å². The van der Waals surface area contributed by atoms with Gasteiger partial charge in [-0.15, -0.1) is 0 Å². The summed E-state index contributed by atoms with van der Waals surface area (Å²) in [6, 6.07) is 5.83. The number of rotatable bonds is 6. The number of carbonyl (C=O) groups is 1. The van der Waals surface area contributed by atoms with Crippen molar-refractivity contribution in [1.82, 2.24) is 4.90 Å². The molecule has 0 radical (unpaired) electrons. The Labute approximate surface area is 155 Å². The molecule has 26 heavy (non-hydrogen) atoms. The molecule has 1 aromatic carbocycles. The maximum Gasteiger partial charge on any atom is 0.289 e. The Hall–Kier alpha value is -2.63. The second-order valence-electron chi connectivity index (χ2n) is 5.93. The van der Waals surface area contributed by atoms with Crippen LogP contribution >= 0.6 is 11.6 Å². The summed E-state index contributed by atoms with van der Waals surface area (Å²) in [5.74, 6) is -0.655. The molecule has 1 aliphatic rings. The number of nitrogens with one attached hydrogen (secondary N) is 1. The lowest BCUT2D eigenvalue weighted by Crippen LogP contribution is -2.37. The van der Waals surface area contributed by atoms with Crippen molar-refractivity contribution in [3.05, 3.63) is 45.1 Å². The van der Waals surface area contributed by atoms with Crippen LogP contribution in [0, 0.1) is 21.4 Å². The van der Waals surface area contributed by atoms with E-state index in [0.29, 0.717) is 13.0 Å². The number of nitro benzene ring substituents is 1. The van der Waals surface area contributed by atoms with Crippen LogP contribution < -0.4 is 5.32 Å². The zero-order chi connectivity index (χ0) is 19.1. The molecule has 0 saturated carbocycles. The van der Waals surface area contributed by atoms with E-state index in [0.717, 1.165) is 25.3 Å². The van der Waals surface area contributed by atoms with E-state index in [1.165, 1.54) is 18.3 Å². The number of anilines is 1. The van der Waals surface area contributed by atoms with Gasteiger partial charge in [-0.05, 0) is 37.8 Å². The maximum absolute atomic E-state index is 12.4. The Morgan fingerprint density at radius 3 is 2.96 bits per heavy atom. The third-order valence-electron chi connectivity index (χ3n) is 4.20. The lowest BCUT2D eigenvalue weighted by atomic mass is 10.00. The first kappa shape index (κ1) is 19.7. The van der Waals surface area contributed by atoms with Gasteiger partial charge in [0, 0.05) is 37.1 Å². The van der Waals surface area contributed by atoms with Gasteiger partial charge in [-0.2, -0.15) is 5.26 Å². The molecule has 1 aromatic rings. The summed E-state index contributed by atoms with van der Waals surface area (Å²) in [6.07, 6.45) is 4.94. The van der Waals surface area contributed by atoms with Crippen molar-refractivity contribution >= 4 is 28.9 Å². The Balaban J connectivity index is 2.17. The normalized spacial score (nSPS) is 17.5. The van der Waals surface area contributed by atoms with E-state index < -0.39 is 10.8 Å². The van der Waals surface area contributed by atoms with Crippen molar-refractivity contribution in [3.63, 3.8) is 0 Å². The topological polar surface area (TPSA) is 120 Å². The summed E-state index contributed by atoms with van der Waals surface area (Å²) in [7, 11) is 0. The SMILES string of the molecule is N#C/C(=C/N1CCCCC1CCO)C(=O)Nc1ccc(Cl)c([N+](=O)[O-])c1. The van der Waals surface area contributed by atoms with Crippen LogP contribution in [0.3, 0.4) is 0 Å². The number of amides is 1. The number of hydrogen-bond acceptors (Lipinski definition) is 6. The summed E-state index contributed by atoms with van der Waals surface area (Å²) >= 11 is 5.75. The van der Waals surface area contributed by atoms with Gasteiger partial charge in [0.25, 0.3) is 11.6 Å². The molecule has 0 aromatic heterocycles. The number of nitro groups is 1. The summed E-state index contributed by atoms with van der Waals surface area (Å²) in [5, 5.41) is 31.9. The van der Waals surface area contributed by atoms with Crippen molar-refractivity contribution in [3.8, 4) is 6.07 Å². The molecule has 1 aliphatic heterocycles. The number of piperidine rings is 1. The largest absolute Gasteiger partial charge is 0.396 e. The van der Waals surface area contributed by atoms with E-state index in [1.807, 2.05) is 11.0 Å². The highest BCUT2D eigenvalue weighted by atomic mass is 35.5. The van der Waals surface area contributed by atoms with Crippen LogP contribution in [0.4, 0.5) is 11.4 Å². The number of halogens is 1. The molecule has 8 nitrogen and oxygen atoms in total. The van der Waals surface area contributed by atoms with Gasteiger partial charge in [0.15, 0.2) is 0 Å². The zero-order valence-electron chi connectivity index (χ0n) is 14.0. The molecule has 138 valence electrons. The highest BCUT2D eigenvalue weighted by Crippen LogP contribution is 2.27. The van der Waals surface area contributed by atoms with Gasteiger partial charge in [0.2, 0.25) is 0 Å². The molecule has 0 aliphatic carbocycles. The first-order valence-electron chi connectivity index (χ1n) is 8.20. The van der Waals surface area contributed by atoms with E-state index in [2.05, 4.69) is 5.32 Å². The average Bonchev–Trinajstić information content (AvgIpc) is 2.62. The van der Waals surface area contributed by atoms with Crippen molar-refractivity contribution in [2.75, 3.05) is 18.5 Å². The number of aliphatic hydroxyl groups excluding tert-OH is 1. The van der Waals surface area contributed by atoms with Crippen molar-refractivity contribution in [1.29, 1.82) is 5.26 Å². The van der Waals surface area contributed by atoms with Crippen molar-refractivity contribution in [2.24, 2.45) is 0 Å². The third-order valence-corrected chi connectivity index (χ3v) is 4.52. The van der Waals surface area contributed by atoms with Gasteiger partial charge in [-0.3, -0.25) is 14.9 Å². The smallest absolute Gasteiger partial charge is 0.289 e. The van der Waals surface area contributed by atoms with Crippen LogP contribution in [0.15, 0.2) is 30.0 Å². The number of benzene rings is 1. The number of nitrogens with zero attached hydrogens (tertiary/aromatic N) is 3. The Morgan fingerprint density at radius 2 is 2.31 bits per heavy atom. The minimum absolute atomic E-state index is 0.0378. The monoisotopic (exact) mass is 378 g/mol. The Morgan fingerprint density at radius 1 is 1.54 bits per heavy atom. The Bertz CT molecular complexity index is 758. The summed E-state index contributed by atoms with van der Waals surface area (Å²) in [6.45, 7) is 0.743. The minimum Gasteiger partial charge on any atom is -0.396 e. The molecule has 2 N–H and O–H groups in total. The van der Waals surface area contributed by atoms with Crippen LogP contribution in [-0.4, -0.2) is 40.0 Å². The molecule has 1 atom stereocenters. The lowest BCUT2D eigenvalue weighted by Gasteiger charge is -2.34. The maximum atomic E-state index is 12.4. The third kappa shape index (κ3) is 4.94. The number of likely N-dealkylation sites (tertiary alicyclic amines) is 1. The predicted molar refractivity (Wildman–Crippen MR) is 96.5 cm³/mol. The van der Waals surface area contributed by atoms with Crippen molar-refractivity contribution < 1.29 is 14.8 Å². The van der Waals surface area contributed by atoms with Gasteiger partial charge in [-0.1, -0.05) is 11.6 Å². The molecule has 1 amide bonds. The summed E-state index contributed by atoms with van der Waals surface area (Å²) < 4.78 is 0. The van der Waals surface area contributed by atoms with Gasteiger partial charge in [0.05, 0.1) is 4.92 Å². The molecule has 1 heterocycles. The van der Waals surface area contributed by atoms with Gasteiger partial charge in [-0.25, -0.2) is 0 Å². The number of carbonyl (C=O) groups excluding carboxylic acids is 1. The number of hydrogen-bond donors (Lipinski definition) is 2. The van der Waals surface area contributed by atoms with Gasteiger partial charge < -0.3 is 15.3 Å². The highest BCUT2D eigenvalue weighted by molar-refractivity contribution is 6.32. The first-order chi connectivity index (χ1) is 12.5. The first-order valence-corrected chi connectivity index (χ1v) is 8.58. The zero-order valence-corrected chi connectivity index (χ0v) is 14.8. The molecule has 9 heteroatoms. The van der Waals surface area contributed by atoms with Crippen molar-refractivity contribution in [2.45, 2.75) is 31.7 Å². The lowest BCUT2D eigenvalue weighted by molar-refractivity contribution is -0.384. The fourth-order valence-electron chi connectivity index (χ4n) is 2.88. The standard InChI is InChI=1S/C17H19ClN4O4/c18-15-5-4-13(9-16(15)22(25)26)20-17(24)12(10-19)11-21-7-2-1-3-14(21)6-8-23/h4-5,9,11,14,23H,1-3,6-8H2,(H,20,24)/b12-11-. The molecule has 1 saturated heterocycles. The minimum atomic E-state index is -0.655. The quantitative estimate of drug-likeness (QED) is 0.340. The van der Waals surface area contributed by atoms with E-state index in [1.54, 1.807) is 0 Å². The second kappa shape index (κ2) is 9.17. The molecular formula is C17H19ClN4O4. The van der Waals surface area contributed by atoms with Crippen LogP contribution in [0.5, 0.6) is 0 Å². The van der Waals surface area contributed by atoms with Crippen LogP contribution in [0.2, 0.25) is 5.02 Å². The van der Waals surface area contributed by atoms with E-state index in [4.69, 9.17) is 16.7 Å². The van der Waals surface area contributed by atoms with E-state index in [-0.39, 0.29) is 34.6 Å². The van der Waals surface area contributed by atoms with Crippen LogP contribution in [-0.2, 0) is 4.79 Å². The van der Waals surface area contributed by atoms with Crippen LogP contribution in [0.25, 0.3) is 0 Å². The van der Waals surface area contributed by atoms with Gasteiger partial charge in [0.1, 0.15) is 16.7 Å². The molecule has 0 bridgehead atoms. The van der Waals surface area contributed by atoms with Crippen LogP contribution in [0.1, 0.15) is 25.7 Å². The van der Waals surface area contributed by atoms with E-state index in [9.17, 15) is 20.2 Å². The number of aliphatic hydroxyl groups is 1. The summed E-state index contributed by atoms with van der Waals surface area (Å²) in [4.78, 5) is 24.6. The fraction of sp³-hybridized carbons (Fsp3) is 0.412. The molecule has 1 unspecified atom stereocenters.